The van der Waals surface area contributed by atoms with E-state index in [1.807, 2.05) is 44.8 Å². The van der Waals surface area contributed by atoms with Crippen molar-refractivity contribution in [2.45, 2.75) is 141 Å². The molecule has 0 saturated carbocycles. The highest BCUT2D eigenvalue weighted by Gasteiger charge is 2.49. The minimum Gasteiger partial charge on any atom is -0.459 e. The van der Waals surface area contributed by atoms with Crippen molar-refractivity contribution in [1.82, 2.24) is 9.80 Å². The molecular weight excluding hydrogens is 532 g/mol. The number of aliphatic hydroxyl groups is 5. The molecule has 0 aromatic carbocycles. The summed E-state index contributed by atoms with van der Waals surface area (Å²) < 4.78 is 18.1. The first-order chi connectivity index (χ1) is 18.8. The highest BCUT2D eigenvalue weighted by molar-refractivity contribution is 5.73. The summed E-state index contributed by atoms with van der Waals surface area (Å²) in [5.74, 6) is -2.65. The predicted octanol–water partition coefficient (Wildman–Crippen LogP) is 0.976. The maximum absolute atomic E-state index is 13.3. The summed E-state index contributed by atoms with van der Waals surface area (Å²) in [7, 11) is 5.58. The molecule has 0 bridgehead atoms. The zero-order chi connectivity index (χ0) is 31.6. The standard InChI is InChI=1S/C30H58N2O9/c1-12-22-30(8,38)25(35)20(6)32(11)15-16(2)14-29(7,37)26(18(4)23(33)19(5)27(36)40-22)41-28-24(34)21(31(9)10)13-17(3)39-28/h16-26,28,33-35,37-38H,12-15H2,1-11H3/t16-,17?,18+,19-,20-,21-,22-,23+,24?,25-,26-,28+,29-,30-/m1/s1. The molecule has 14 atom stereocenters. The molecule has 41 heavy (non-hydrogen) atoms. The molecule has 2 aliphatic rings. The van der Waals surface area contributed by atoms with Crippen LogP contribution in [0.1, 0.15) is 74.7 Å². The average molecular weight is 591 g/mol. The smallest absolute Gasteiger partial charge is 0.311 e. The van der Waals surface area contributed by atoms with Gasteiger partial charge in [0.2, 0.25) is 0 Å². The molecule has 2 heterocycles. The SMILES string of the molecule is CC[C@H]1OC(=O)[C@H](C)[C@@H](O)[C@H](C)[C@@H](O[C@@H]2OC(C)C[C@@H](N(C)C)C2O)[C@](C)(O)C[C@@H](C)CN(C)[C@H](C)[C@@H](O)[C@]1(C)O. The molecule has 5 N–H and O–H groups in total. The number of carbonyl (C=O) groups excluding carboxylic acids is 1. The first-order valence-electron chi connectivity index (χ1n) is 15.1. The van der Waals surface area contributed by atoms with Crippen LogP contribution in [-0.2, 0) is 19.0 Å². The number of rotatable bonds is 4. The number of cyclic esters (lactones) is 1. The summed E-state index contributed by atoms with van der Waals surface area (Å²) in [6.45, 7) is 14.2. The van der Waals surface area contributed by atoms with Crippen LogP contribution in [0.25, 0.3) is 0 Å². The van der Waals surface area contributed by atoms with Gasteiger partial charge in [0.15, 0.2) is 6.29 Å². The Balaban J connectivity index is 2.52. The van der Waals surface area contributed by atoms with E-state index in [4.69, 9.17) is 14.2 Å². The van der Waals surface area contributed by atoms with E-state index < -0.39 is 71.9 Å². The van der Waals surface area contributed by atoms with Crippen molar-refractivity contribution < 1.29 is 44.5 Å². The van der Waals surface area contributed by atoms with Crippen molar-refractivity contribution in [3.63, 3.8) is 0 Å². The largest absolute Gasteiger partial charge is 0.459 e. The van der Waals surface area contributed by atoms with Gasteiger partial charge in [-0.05, 0) is 80.9 Å². The maximum atomic E-state index is 13.3. The topological polar surface area (TPSA) is 152 Å². The second kappa shape index (κ2) is 14.3. The molecule has 2 fully saturated rings. The fourth-order valence-electron chi connectivity index (χ4n) is 6.74. The number of ether oxygens (including phenoxy) is 3. The van der Waals surface area contributed by atoms with Gasteiger partial charge in [0.05, 0.1) is 29.8 Å². The Labute approximate surface area is 246 Å². The number of likely N-dealkylation sites (N-methyl/N-ethyl adjacent to an activating group) is 2. The number of hydrogen-bond acceptors (Lipinski definition) is 11. The quantitative estimate of drug-likeness (QED) is 0.298. The number of aliphatic hydroxyl groups excluding tert-OH is 3. The molecule has 11 heteroatoms. The van der Waals surface area contributed by atoms with Gasteiger partial charge in [-0.15, -0.1) is 0 Å². The molecule has 0 amide bonds. The molecular formula is C30H58N2O9. The zero-order valence-corrected chi connectivity index (χ0v) is 27.0. The van der Waals surface area contributed by atoms with E-state index in [9.17, 15) is 30.3 Å². The van der Waals surface area contributed by atoms with Gasteiger partial charge in [-0.25, -0.2) is 0 Å². The van der Waals surface area contributed by atoms with Gasteiger partial charge >= 0.3 is 5.97 Å². The molecule has 11 nitrogen and oxygen atoms in total. The van der Waals surface area contributed by atoms with Crippen molar-refractivity contribution >= 4 is 5.97 Å². The molecule has 0 radical (unpaired) electrons. The molecule has 0 aromatic rings. The lowest BCUT2D eigenvalue weighted by atomic mass is 9.78. The molecule has 2 saturated heterocycles. The van der Waals surface area contributed by atoms with Gasteiger partial charge in [0.25, 0.3) is 0 Å². The van der Waals surface area contributed by atoms with Crippen molar-refractivity contribution in [2.24, 2.45) is 17.8 Å². The number of esters is 1. The van der Waals surface area contributed by atoms with Crippen LogP contribution in [0.4, 0.5) is 0 Å². The highest BCUT2D eigenvalue weighted by Crippen LogP contribution is 2.36. The second-order valence-corrected chi connectivity index (χ2v) is 13.6. The normalized spacial score (nSPS) is 48.4. The Morgan fingerprint density at radius 2 is 1.63 bits per heavy atom. The Bertz CT molecular complexity index is 841. The first kappa shape index (κ1) is 36.3. The molecule has 0 aliphatic carbocycles. The predicted molar refractivity (Wildman–Crippen MR) is 155 cm³/mol. The van der Waals surface area contributed by atoms with Crippen LogP contribution in [0.2, 0.25) is 0 Å². The maximum Gasteiger partial charge on any atom is 0.311 e. The average Bonchev–Trinajstić information content (AvgIpc) is 2.87. The summed E-state index contributed by atoms with van der Waals surface area (Å²) in [6.07, 6.45) is -5.74. The molecule has 0 spiro atoms. The van der Waals surface area contributed by atoms with E-state index in [0.29, 0.717) is 13.0 Å². The lowest BCUT2D eigenvalue weighted by Crippen LogP contribution is -2.59. The Hall–Kier alpha value is -0.890. The van der Waals surface area contributed by atoms with Crippen LogP contribution in [0.15, 0.2) is 0 Å². The van der Waals surface area contributed by atoms with Crippen LogP contribution >= 0.6 is 0 Å². The van der Waals surface area contributed by atoms with E-state index in [0.717, 1.165) is 0 Å². The third kappa shape index (κ3) is 8.39. The van der Waals surface area contributed by atoms with Crippen molar-refractivity contribution in [3.05, 3.63) is 0 Å². The zero-order valence-electron chi connectivity index (χ0n) is 27.0. The van der Waals surface area contributed by atoms with Gasteiger partial charge in [0.1, 0.15) is 23.9 Å². The summed E-state index contributed by atoms with van der Waals surface area (Å²) >= 11 is 0. The monoisotopic (exact) mass is 590 g/mol. The van der Waals surface area contributed by atoms with E-state index in [1.54, 1.807) is 27.7 Å². The van der Waals surface area contributed by atoms with Gasteiger partial charge < -0.3 is 49.5 Å². The fraction of sp³-hybridized carbons (Fsp3) is 0.967. The molecule has 242 valence electrons. The van der Waals surface area contributed by atoms with Crippen molar-refractivity contribution in [3.8, 4) is 0 Å². The second-order valence-electron chi connectivity index (χ2n) is 13.6. The van der Waals surface area contributed by atoms with E-state index in [1.165, 1.54) is 13.8 Å². The van der Waals surface area contributed by atoms with Crippen LogP contribution in [-0.4, -0.2) is 135 Å². The van der Waals surface area contributed by atoms with Crippen LogP contribution in [0.3, 0.4) is 0 Å². The van der Waals surface area contributed by atoms with Crippen molar-refractivity contribution in [2.75, 3.05) is 27.7 Å². The van der Waals surface area contributed by atoms with E-state index in [2.05, 4.69) is 0 Å². The first-order valence-corrected chi connectivity index (χ1v) is 15.1. The van der Waals surface area contributed by atoms with Crippen LogP contribution in [0, 0.1) is 17.8 Å². The Kier molecular flexibility index (Phi) is 12.6. The summed E-state index contributed by atoms with van der Waals surface area (Å²) in [5, 5.41) is 57.0. The van der Waals surface area contributed by atoms with E-state index >= 15 is 0 Å². The molecule has 0 aromatic heterocycles. The summed E-state index contributed by atoms with van der Waals surface area (Å²) in [5.41, 5.74) is -3.25. The Morgan fingerprint density at radius 1 is 1.05 bits per heavy atom. The minimum absolute atomic E-state index is 0.0990. The van der Waals surface area contributed by atoms with Crippen LogP contribution in [0.5, 0.6) is 0 Å². The number of nitrogens with zero attached hydrogens (tertiary/aromatic N) is 2. The highest BCUT2D eigenvalue weighted by atomic mass is 16.7. The minimum atomic E-state index is -1.75. The summed E-state index contributed by atoms with van der Waals surface area (Å²) in [6, 6.07) is -0.733. The Morgan fingerprint density at radius 3 is 2.17 bits per heavy atom. The van der Waals surface area contributed by atoms with Gasteiger partial charge in [0, 0.05) is 24.5 Å². The van der Waals surface area contributed by atoms with E-state index in [-0.39, 0.29) is 30.9 Å². The lowest BCUT2D eigenvalue weighted by Gasteiger charge is -2.46. The lowest BCUT2D eigenvalue weighted by molar-refractivity contribution is -0.299. The fourth-order valence-corrected chi connectivity index (χ4v) is 6.74. The van der Waals surface area contributed by atoms with Gasteiger partial charge in [-0.3, -0.25) is 4.79 Å². The van der Waals surface area contributed by atoms with Crippen molar-refractivity contribution in [1.29, 1.82) is 0 Å². The number of hydrogen-bond donors (Lipinski definition) is 5. The van der Waals surface area contributed by atoms with Gasteiger partial charge in [-0.1, -0.05) is 20.8 Å². The van der Waals surface area contributed by atoms with Gasteiger partial charge in [-0.2, -0.15) is 0 Å². The molecule has 2 rings (SSSR count). The molecule has 2 unspecified atom stereocenters. The number of carbonyl (C=O) groups is 1. The van der Waals surface area contributed by atoms with Crippen LogP contribution < -0.4 is 0 Å². The molecule has 2 aliphatic heterocycles. The third-order valence-corrected chi connectivity index (χ3v) is 9.46. The summed E-state index contributed by atoms with van der Waals surface area (Å²) in [4.78, 5) is 17.1. The third-order valence-electron chi connectivity index (χ3n) is 9.46.